The molecule has 114 valence electrons. The van der Waals surface area contributed by atoms with Crippen molar-refractivity contribution in [3.8, 4) is 0 Å². The minimum atomic E-state index is -3.56. The third-order valence-electron chi connectivity index (χ3n) is 2.52. The molecular weight excluding hydrogens is 300 g/mol. The van der Waals surface area contributed by atoms with Gasteiger partial charge in [-0.2, -0.15) is 4.31 Å². The second-order valence-electron chi connectivity index (χ2n) is 4.09. The predicted octanol–water partition coefficient (Wildman–Crippen LogP) is 0.911. The summed E-state index contributed by atoms with van der Waals surface area (Å²) in [5.41, 5.74) is 0. The fraction of sp³-hybridized carbons (Fsp3) is 0.583. The maximum Gasteiger partial charge on any atom is 0.252 e. The van der Waals surface area contributed by atoms with Gasteiger partial charge in [0, 0.05) is 26.8 Å². The fourth-order valence-corrected chi connectivity index (χ4v) is 3.78. The Morgan fingerprint density at radius 1 is 1.50 bits per heavy atom. The van der Waals surface area contributed by atoms with Gasteiger partial charge in [-0.25, -0.2) is 8.42 Å². The molecule has 8 heteroatoms. The summed E-state index contributed by atoms with van der Waals surface area (Å²) in [6, 6.07) is 3.19. The zero-order valence-electron chi connectivity index (χ0n) is 11.7. The van der Waals surface area contributed by atoms with Crippen molar-refractivity contribution in [2.75, 3.05) is 33.4 Å². The number of sulfonamides is 1. The molecule has 0 fully saturated rings. The maximum atomic E-state index is 12.1. The lowest BCUT2D eigenvalue weighted by molar-refractivity contribution is -0.121. The molecular formula is C12H20N2O4S2. The number of hydrogen-bond acceptors (Lipinski definition) is 5. The van der Waals surface area contributed by atoms with Gasteiger partial charge in [-0.15, -0.1) is 11.3 Å². The summed E-state index contributed by atoms with van der Waals surface area (Å²) in [7, 11) is -2.17. The molecule has 1 rings (SSSR count). The second-order valence-corrected chi connectivity index (χ2v) is 7.31. The average Bonchev–Trinajstić information content (AvgIpc) is 2.92. The Bertz CT molecular complexity index is 500. The lowest BCUT2D eigenvalue weighted by atomic mass is 10.4. The third-order valence-corrected chi connectivity index (χ3v) is 5.69. The molecule has 1 aromatic rings. The molecule has 0 spiro atoms. The van der Waals surface area contributed by atoms with E-state index in [1.54, 1.807) is 11.4 Å². The molecule has 1 amide bonds. The monoisotopic (exact) mass is 320 g/mol. The van der Waals surface area contributed by atoms with Crippen molar-refractivity contribution < 1.29 is 17.9 Å². The molecule has 20 heavy (non-hydrogen) atoms. The van der Waals surface area contributed by atoms with Gasteiger partial charge in [0.05, 0.1) is 6.54 Å². The molecule has 1 N–H and O–H groups in total. The Morgan fingerprint density at radius 3 is 2.85 bits per heavy atom. The van der Waals surface area contributed by atoms with Crippen molar-refractivity contribution in [1.29, 1.82) is 0 Å². The van der Waals surface area contributed by atoms with Crippen LogP contribution in [0.3, 0.4) is 0 Å². The largest absolute Gasteiger partial charge is 0.382 e. The van der Waals surface area contributed by atoms with E-state index < -0.39 is 10.0 Å². The van der Waals surface area contributed by atoms with Crippen LogP contribution in [0.15, 0.2) is 21.7 Å². The van der Waals surface area contributed by atoms with E-state index in [0.29, 0.717) is 26.2 Å². The summed E-state index contributed by atoms with van der Waals surface area (Å²) in [6.07, 6.45) is 0.709. The molecule has 0 aliphatic rings. The molecule has 0 aromatic carbocycles. The van der Waals surface area contributed by atoms with Crippen molar-refractivity contribution in [3.05, 3.63) is 17.5 Å². The first-order valence-corrected chi connectivity index (χ1v) is 8.64. The first-order chi connectivity index (χ1) is 9.48. The van der Waals surface area contributed by atoms with E-state index in [1.807, 2.05) is 6.92 Å². The molecule has 0 atom stereocenters. The molecule has 6 nitrogen and oxygen atoms in total. The van der Waals surface area contributed by atoms with Crippen molar-refractivity contribution in [2.45, 2.75) is 17.6 Å². The zero-order valence-corrected chi connectivity index (χ0v) is 13.3. The molecule has 0 aliphatic carbocycles. The van der Waals surface area contributed by atoms with Gasteiger partial charge in [-0.1, -0.05) is 6.07 Å². The minimum Gasteiger partial charge on any atom is -0.382 e. The second kappa shape index (κ2) is 8.35. The van der Waals surface area contributed by atoms with Crippen molar-refractivity contribution in [3.63, 3.8) is 0 Å². The van der Waals surface area contributed by atoms with Gasteiger partial charge < -0.3 is 10.1 Å². The number of hydrogen-bond donors (Lipinski definition) is 1. The molecule has 0 bridgehead atoms. The highest BCUT2D eigenvalue weighted by molar-refractivity contribution is 7.91. The van der Waals surface area contributed by atoms with E-state index in [-0.39, 0.29) is 16.7 Å². The highest BCUT2D eigenvalue weighted by Crippen LogP contribution is 2.19. The number of nitrogens with zero attached hydrogens (tertiary/aromatic N) is 1. The molecule has 0 saturated carbocycles. The number of likely N-dealkylation sites (N-methyl/N-ethyl adjacent to an activating group) is 1. The lowest BCUT2D eigenvalue weighted by Gasteiger charge is -2.15. The van der Waals surface area contributed by atoms with Crippen LogP contribution in [0.4, 0.5) is 0 Å². The van der Waals surface area contributed by atoms with Gasteiger partial charge in [-0.3, -0.25) is 4.79 Å². The molecule has 1 heterocycles. The quantitative estimate of drug-likeness (QED) is 0.686. The van der Waals surface area contributed by atoms with Gasteiger partial charge in [0.15, 0.2) is 0 Å². The van der Waals surface area contributed by atoms with E-state index in [9.17, 15) is 13.2 Å². The molecule has 0 saturated heterocycles. The predicted molar refractivity (Wildman–Crippen MR) is 78.3 cm³/mol. The first kappa shape index (κ1) is 17.1. The minimum absolute atomic E-state index is 0.186. The van der Waals surface area contributed by atoms with E-state index in [4.69, 9.17) is 4.74 Å². The number of thiophene rings is 1. The van der Waals surface area contributed by atoms with Crippen LogP contribution in [0.1, 0.15) is 13.3 Å². The molecule has 0 unspecified atom stereocenters. The molecule has 0 aliphatic heterocycles. The summed E-state index contributed by atoms with van der Waals surface area (Å²) in [6.45, 7) is 3.43. The Kier molecular flexibility index (Phi) is 7.14. The van der Waals surface area contributed by atoms with Crippen molar-refractivity contribution >= 4 is 27.3 Å². The Labute approximate surface area is 123 Å². The summed E-state index contributed by atoms with van der Waals surface area (Å²) in [4.78, 5) is 11.6. The smallest absolute Gasteiger partial charge is 0.252 e. The third kappa shape index (κ3) is 5.20. The van der Waals surface area contributed by atoms with Crippen LogP contribution in [0.2, 0.25) is 0 Å². The van der Waals surface area contributed by atoms with E-state index in [2.05, 4.69) is 5.32 Å². The number of carbonyl (C=O) groups excluding carboxylic acids is 1. The number of carbonyl (C=O) groups is 1. The summed E-state index contributed by atoms with van der Waals surface area (Å²) < 4.78 is 30.6. The van der Waals surface area contributed by atoms with Gasteiger partial charge in [0.1, 0.15) is 4.21 Å². The summed E-state index contributed by atoms with van der Waals surface area (Å²) >= 11 is 1.13. The highest BCUT2D eigenvalue weighted by atomic mass is 32.2. The molecule has 1 aromatic heterocycles. The van der Waals surface area contributed by atoms with Crippen molar-refractivity contribution in [2.24, 2.45) is 0 Å². The topological polar surface area (TPSA) is 75.7 Å². The number of amides is 1. The highest BCUT2D eigenvalue weighted by Gasteiger charge is 2.23. The lowest BCUT2D eigenvalue weighted by Crippen LogP contribution is -2.38. The Morgan fingerprint density at radius 2 is 2.25 bits per heavy atom. The maximum absolute atomic E-state index is 12.1. The van der Waals surface area contributed by atoms with E-state index >= 15 is 0 Å². The summed E-state index contributed by atoms with van der Waals surface area (Å²) in [5, 5.41) is 4.36. The van der Waals surface area contributed by atoms with Crippen LogP contribution in [-0.2, 0) is 19.6 Å². The zero-order chi connectivity index (χ0) is 15.0. The van der Waals surface area contributed by atoms with Crippen LogP contribution in [0.5, 0.6) is 0 Å². The standard InChI is InChI=1S/C12H20N2O4S2/c1-3-18-8-5-7-13-11(15)10-14(2)20(16,17)12-6-4-9-19-12/h4,6,9H,3,5,7-8,10H2,1-2H3,(H,13,15). The number of nitrogens with one attached hydrogen (secondary N) is 1. The van der Waals surface area contributed by atoms with Crippen LogP contribution in [-0.4, -0.2) is 52.0 Å². The normalized spacial score (nSPS) is 11.8. The fourth-order valence-electron chi connectivity index (χ4n) is 1.45. The Balaban J connectivity index is 2.38. The SMILES string of the molecule is CCOCCCNC(=O)CN(C)S(=O)(=O)c1cccs1. The van der Waals surface area contributed by atoms with Gasteiger partial charge >= 0.3 is 0 Å². The van der Waals surface area contributed by atoms with E-state index in [0.717, 1.165) is 15.6 Å². The van der Waals surface area contributed by atoms with Crippen molar-refractivity contribution in [1.82, 2.24) is 9.62 Å². The van der Waals surface area contributed by atoms with Gasteiger partial charge in [0.25, 0.3) is 10.0 Å². The van der Waals surface area contributed by atoms with Crippen LogP contribution in [0.25, 0.3) is 0 Å². The van der Waals surface area contributed by atoms with Crippen LogP contribution >= 0.6 is 11.3 Å². The Hall–Kier alpha value is -0.960. The van der Waals surface area contributed by atoms with Crippen LogP contribution < -0.4 is 5.32 Å². The van der Waals surface area contributed by atoms with Gasteiger partial charge in [-0.05, 0) is 24.8 Å². The number of ether oxygens (including phenoxy) is 1. The van der Waals surface area contributed by atoms with Crippen LogP contribution in [0, 0.1) is 0 Å². The molecule has 0 radical (unpaired) electrons. The summed E-state index contributed by atoms with van der Waals surface area (Å²) in [5.74, 6) is -0.316. The van der Waals surface area contributed by atoms with E-state index in [1.165, 1.54) is 13.1 Å². The number of rotatable bonds is 9. The average molecular weight is 320 g/mol. The first-order valence-electron chi connectivity index (χ1n) is 6.32. The van der Waals surface area contributed by atoms with Gasteiger partial charge in [0.2, 0.25) is 5.91 Å².